The maximum Gasteiger partial charge on any atom is 0.272 e. The van der Waals surface area contributed by atoms with Crippen molar-refractivity contribution >= 4 is 11.9 Å². The summed E-state index contributed by atoms with van der Waals surface area (Å²) in [6.45, 7) is 3.34. The minimum absolute atomic E-state index is 0.0253. The Labute approximate surface area is 140 Å². The molecule has 2 aromatic rings. The smallest absolute Gasteiger partial charge is 0.272 e. The highest BCUT2D eigenvalue weighted by atomic mass is 16.2. The van der Waals surface area contributed by atoms with E-state index in [2.05, 4.69) is 25.0 Å². The second kappa shape index (κ2) is 6.54. The van der Waals surface area contributed by atoms with E-state index in [-0.39, 0.29) is 11.9 Å². The van der Waals surface area contributed by atoms with E-state index in [9.17, 15) is 4.79 Å². The van der Waals surface area contributed by atoms with Crippen LogP contribution in [0, 0.1) is 0 Å². The molecule has 0 aromatic carbocycles. The maximum absolute atomic E-state index is 12.9. The fourth-order valence-corrected chi connectivity index (χ4v) is 3.46. The van der Waals surface area contributed by atoms with Gasteiger partial charge in [0.05, 0.1) is 6.04 Å². The lowest BCUT2D eigenvalue weighted by atomic mass is 10.1. The molecule has 0 aliphatic carbocycles. The average molecular weight is 327 g/mol. The summed E-state index contributed by atoms with van der Waals surface area (Å²) in [5, 5.41) is 4.21. The third-order valence-corrected chi connectivity index (χ3v) is 4.75. The Bertz CT molecular complexity index is 696. The largest absolute Gasteiger partial charge is 0.341 e. The third kappa shape index (κ3) is 2.95. The van der Waals surface area contributed by atoms with Gasteiger partial charge in [-0.1, -0.05) is 0 Å². The van der Waals surface area contributed by atoms with E-state index >= 15 is 0 Å². The lowest BCUT2D eigenvalue weighted by molar-refractivity contribution is 0.0666. The third-order valence-electron chi connectivity index (χ3n) is 4.75. The first-order valence-corrected chi connectivity index (χ1v) is 8.52. The van der Waals surface area contributed by atoms with E-state index in [4.69, 9.17) is 0 Å². The van der Waals surface area contributed by atoms with Crippen molar-refractivity contribution in [3.8, 4) is 0 Å². The predicted octanol–water partition coefficient (Wildman–Crippen LogP) is 1.15. The van der Waals surface area contributed by atoms with E-state index in [1.165, 1.54) is 6.33 Å². The highest BCUT2D eigenvalue weighted by Crippen LogP contribution is 2.22. The number of hydrogen-bond donors (Lipinski definition) is 0. The predicted molar refractivity (Wildman–Crippen MR) is 87.7 cm³/mol. The number of aromatic nitrogens is 5. The van der Waals surface area contributed by atoms with E-state index in [0.717, 1.165) is 45.3 Å². The summed E-state index contributed by atoms with van der Waals surface area (Å²) >= 11 is 0. The molecule has 8 heteroatoms. The molecular formula is C16H21N7O. The molecule has 2 fully saturated rings. The number of amides is 1. The van der Waals surface area contributed by atoms with Crippen LogP contribution in [0.25, 0.3) is 0 Å². The van der Waals surface area contributed by atoms with Gasteiger partial charge in [0, 0.05) is 32.4 Å². The monoisotopic (exact) mass is 327 g/mol. The Balaban J connectivity index is 1.49. The van der Waals surface area contributed by atoms with Crippen LogP contribution in [0.4, 0.5) is 5.95 Å². The van der Waals surface area contributed by atoms with Gasteiger partial charge in [-0.2, -0.15) is 5.10 Å². The van der Waals surface area contributed by atoms with Gasteiger partial charge in [0.25, 0.3) is 5.91 Å². The Morgan fingerprint density at radius 2 is 2.04 bits per heavy atom. The van der Waals surface area contributed by atoms with Crippen molar-refractivity contribution in [3.63, 3.8) is 0 Å². The van der Waals surface area contributed by atoms with Crippen molar-refractivity contribution in [3.05, 3.63) is 30.6 Å². The van der Waals surface area contributed by atoms with Crippen LogP contribution in [-0.2, 0) is 0 Å². The molecule has 0 N–H and O–H groups in total. The van der Waals surface area contributed by atoms with Gasteiger partial charge in [-0.05, 0) is 31.7 Å². The van der Waals surface area contributed by atoms with Crippen molar-refractivity contribution in [2.45, 2.75) is 31.7 Å². The van der Waals surface area contributed by atoms with Crippen LogP contribution in [0.1, 0.15) is 42.2 Å². The van der Waals surface area contributed by atoms with Crippen LogP contribution >= 0.6 is 0 Å². The summed E-state index contributed by atoms with van der Waals surface area (Å²) in [5.41, 5.74) is 0.478. The number of anilines is 1. The summed E-state index contributed by atoms with van der Waals surface area (Å²) < 4.78 is 1.84. The van der Waals surface area contributed by atoms with Crippen molar-refractivity contribution in [2.24, 2.45) is 0 Å². The molecule has 0 spiro atoms. The number of hydrogen-bond acceptors (Lipinski definition) is 6. The minimum Gasteiger partial charge on any atom is -0.341 e. The van der Waals surface area contributed by atoms with Gasteiger partial charge >= 0.3 is 0 Å². The highest BCUT2D eigenvalue weighted by molar-refractivity contribution is 5.92. The van der Waals surface area contributed by atoms with Gasteiger partial charge in [-0.3, -0.25) is 4.79 Å². The number of carbonyl (C=O) groups is 1. The van der Waals surface area contributed by atoms with Gasteiger partial charge in [0.2, 0.25) is 5.95 Å². The number of carbonyl (C=O) groups excluding carboxylic acids is 1. The first kappa shape index (κ1) is 15.0. The summed E-state index contributed by atoms with van der Waals surface area (Å²) in [6, 6.07) is 1.89. The SMILES string of the molecule is O=C(c1ccnc(N2CCCC2)n1)N1CCC[C@@H](n2cncn2)C1. The second-order valence-corrected chi connectivity index (χ2v) is 6.36. The summed E-state index contributed by atoms with van der Waals surface area (Å²) in [6.07, 6.45) is 9.23. The fourth-order valence-electron chi connectivity index (χ4n) is 3.46. The second-order valence-electron chi connectivity index (χ2n) is 6.36. The molecule has 126 valence electrons. The van der Waals surface area contributed by atoms with Crippen molar-refractivity contribution in [2.75, 3.05) is 31.1 Å². The van der Waals surface area contributed by atoms with Crippen molar-refractivity contribution < 1.29 is 4.79 Å². The van der Waals surface area contributed by atoms with Crippen LogP contribution < -0.4 is 4.90 Å². The summed E-state index contributed by atoms with van der Waals surface area (Å²) in [4.78, 5) is 29.7. The van der Waals surface area contributed by atoms with Crippen molar-refractivity contribution in [1.82, 2.24) is 29.6 Å². The van der Waals surface area contributed by atoms with Gasteiger partial charge in [-0.25, -0.2) is 19.6 Å². The molecule has 2 aromatic heterocycles. The molecule has 0 saturated carbocycles. The lowest BCUT2D eigenvalue weighted by Crippen LogP contribution is -2.41. The van der Waals surface area contributed by atoms with Crippen LogP contribution in [0.2, 0.25) is 0 Å². The fraction of sp³-hybridized carbons (Fsp3) is 0.562. The molecule has 2 aliphatic heterocycles. The number of rotatable bonds is 3. The molecule has 0 unspecified atom stereocenters. The molecule has 24 heavy (non-hydrogen) atoms. The Kier molecular flexibility index (Phi) is 4.10. The Morgan fingerprint density at radius 1 is 1.17 bits per heavy atom. The highest BCUT2D eigenvalue weighted by Gasteiger charge is 2.27. The zero-order valence-electron chi connectivity index (χ0n) is 13.6. The quantitative estimate of drug-likeness (QED) is 0.841. The maximum atomic E-state index is 12.9. The van der Waals surface area contributed by atoms with Gasteiger partial charge in [-0.15, -0.1) is 0 Å². The van der Waals surface area contributed by atoms with Gasteiger partial charge in [0.1, 0.15) is 18.3 Å². The molecule has 1 amide bonds. The van der Waals surface area contributed by atoms with E-state index in [0.29, 0.717) is 18.2 Å². The normalized spacial score (nSPS) is 21.2. The number of piperidine rings is 1. The summed E-state index contributed by atoms with van der Waals surface area (Å²) in [5.74, 6) is 0.644. The number of nitrogens with zero attached hydrogens (tertiary/aromatic N) is 7. The number of likely N-dealkylation sites (tertiary alicyclic amines) is 1. The van der Waals surface area contributed by atoms with E-state index < -0.39 is 0 Å². The van der Waals surface area contributed by atoms with Crippen LogP contribution in [0.3, 0.4) is 0 Å². The first-order chi connectivity index (χ1) is 11.8. The zero-order valence-corrected chi connectivity index (χ0v) is 13.6. The lowest BCUT2D eigenvalue weighted by Gasteiger charge is -2.32. The van der Waals surface area contributed by atoms with Gasteiger partial charge < -0.3 is 9.80 Å². The molecule has 0 radical (unpaired) electrons. The molecule has 2 saturated heterocycles. The minimum atomic E-state index is -0.0253. The van der Waals surface area contributed by atoms with Crippen molar-refractivity contribution in [1.29, 1.82) is 0 Å². The topological polar surface area (TPSA) is 80.0 Å². The molecule has 0 bridgehead atoms. The Hall–Kier alpha value is -2.51. The summed E-state index contributed by atoms with van der Waals surface area (Å²) in [7, 11) is 0. The zero-order chi connectivity index (χ0) is 16.4. The van der Waals surface area contributed by atoms with Crippen LogP contribution in [0.15, 0.2) is 24.9 Å². The molecule has 4 heterocycles. The van der Waals surface area contributed by atoms with Crippen LogP contribution in [-0.4, -0.2) is 61.7 Å². The average Bonchev–Trinajstić information content (AvgIpc) is 3.35. The van der Waals surface area contributed by atoms with E-state index in [1.54, 1.807) is 18.6 Å². The van der Waals surface area contributed by atoms with Gasteiger partial charge in [0.15, 0.2) is 0 Å². The van der Waals surface area contributed by atoms with E-state index in [1.807, 2.05) is 9.58 Å². The Morgan fingerprint density at radius 3 is 2.83 bits per heavy atom. The molecular weight excluding hydrogens is 306 g/mol. The molecule has 1 atom stereocenters. The molecule has 8 nitrogen and oxygen atoms in total. The molecule has 4 rings (SSSR count). The van der Waals surface area contributed by atoms with Crippen LogP contribution in [0.5, 0.6) is 0 Å². The molecule has 2 aliphatic rings. The standard InChI is InChI=1S/C16H21N7O/c24-15(14-5-6-18-16(20-14)21-7-1-2-8-21)22-9-3-4-13(10-22)23-12-17-11-19-23/h5-6,11-13H,1-4,7-10H2/t13-/m1/s1. The first-order valence-electron chi connectivity index (χ1n) is 8.52.